The van der Waals surface area contributed by atoms with E-state index in [0.717, 1.165) is 35.4 Å². The summed E-state index contributed by atoms with van der Waals surface area (Å²) in [6.45, 7) is 2.51. The van der Waals surface area contributed by atoms with Gasteiger partial charge in [0.05, 0.1) is 17.6 Å². The number of carbonyl (C=O) groups is 2. The average Bonchev–Trinajstić information content (AvgIpc) is 3.40. The zero-order chi connectivity index (χ0) is 24.4. The number of hydrogen-bond acceptors (Lipinski definition) is 6. The largest absolute Gasteiger partial charge is 0.353 e. The molecule has 2 saturated heterocycles. The van der Waals surface area contributed by atoms with Gasteiger partial charge in [0.15, 0.2) is 0 Å². The van der Waals surface area contributed by atoms with Gasteiger partial charge in [-0.2, -0.15) is 0 Å². The minimum Gasteiger partial charge on any atom is -0.353 e. The SMILES string of the molecule is CN1[C@@H](CCC(=O)NCc2cccnc2)CNC(=O)[C@@H]2[C@@H]1CCN2Cc1nc2ccccc2n1C. The topological polar surface area (TPSA) is 95.4 Å². The molecule has 2 N–H and O–H groups in total. The van der Waals surface area contributed by atoms with Gasteiger partial charge in [-0.3, -0.25) is 24.4 Å². The number of nitrogens with zero attached hydrogens (tertiary/aromatic N) is 5. The predicted molar refractivity (Wildman–Crippen MR) is 133 cm³/mol. The van der Waals surface area contributed by atoms with Crippen molar-refractivity contribution < 1.29 is 9.59 Å². The van der Waals surface area contributed by atoms with Gasteiger partial charge in [-0.15, -0.1) is 0 Å². The van der Waals surface area contributed by atoms with Gasteiger partial charge in [-0.05, 0) is 43.7 Å². The summed E-state index contributed by atoms with van der Waals surface area (Å²) in [5.41, 5.74) is 3.06. The molecule has 184 valence electrons. The number of amides is 2. The molecule has 0 saturated carbocycles. The van der Waals surface area contributed by atoms with Crippen molar-refractivity contribution in [2.75, 3.05) is 20.1 Å². The van der Waals surface area contributed by atoms with Crippen LogP contribution in [0.1, 0.15) is 30.7 Å². The number of nitrogens with one attached hydrogen (secondary N) is 2. The first-order valence-electron chi connectivity index (χ1n) is 12.3. The molecule has 9 nitrogen and oxygen atoms in total. The van der Waals surface area contributed by atoms with Crippen LogP contribution in [0.25, 0.3) is 11.0 Å². The number of fused-ring (bicyclic) bond motifs is 2. The summed E-state index contributed by atoms with van der Waals surface area (Å²) in [5.74, 6) is 1.05. The molecule has 2 aliphatic heterocycles. The Labute approximate surface area is 205 Å². The molecule has 0 bridgehead atoms. The molecule has 4 heterocycles. The van der Waals surface area contributed by atoms with Crippen molar-refractivity contribution in [1.82, 2.24) is 35.0 Å². The van der Waals surface area contributed by atoms with Crippen molar-refractivity contribution in [3.05, 3.63) is 60.2 Å². The first-order valence-corrected chi connectivity index (χ1v) is 12.3. The van der Waals surface area contributed by atoms with E-state index < -0.39 is 0 Å². The first-order chi connectivity index (χ1) is 17.0. The van der Waals surface area contributed by atoms with E-state index in [1.54, 1.807) is 12.4 Å². The van der Waals surface area contributed by atoms with E-state index in [-0.39, 0.29) is 29.9 Å². The van der Waals surface area contributed by atoms with E-state index in [4.69, 9.17) is 4.98 Å². The van der Waals surface area contributed by atoms with E-state index in [1.165, 1.54) is 0 Å². The van der Waals surface area contributed by atoms with Crippen LogP contribution >= 0.6 is 0 Å². The number of pyridine rings is 1. The Morgan fingerprint density at radius 3 is 2.86 bits per heavy atom. The third-order valence-electron chi connectivity index (χ3n) is 7.49. The van der Waals surface area contributed by atoms with E-state index in [2.05, 4.69) is 43.1 Å². The number of hydrogen-bond donors (Lipinski definition) is 2. The van der Waals surface area contributed by atoms with Gasteiger partial charge in [0.1, 0.15) is 11.9 Å². The highest BCUT2D eigenvalue weighted by molar-refractivity contribution is 5.83. The van der Waals surface area contributed by atoms with Crippen LogP contribution in [0, 0.1) is 0 Å². The molecule has 3 atom stereocenters. The average molecular weight is 476 g/mol. The quantitative estimate of drug-likeness (QED) is 0.537. The summed E-state index contributed by atoms with van der Waals surface area (Å²) in [6.07, 6.45) is 5.52. The normalized spacial score (nSPS) is 23.1. The van der Waals surface area contributed by atoms with Gasteiger partial charge < -0.3 is 15.2 Å². The smallest absolute Gasteiger partial charge is 0.239 e. The van der Waals surface area contributed by atoms with Crippen molar-refractivity contribution >= 4 is 22.8 Å². The minimum absolute atomic E-state index is 0.0178. The summed E-state index contributed by atoms with van der Waals surface area (Å²) in [4.78, 5) is 39.1. The number of para-hydroxylation sites is 2. The molecule has 1 aromatic carbocycles. The van der Waals surface area contributed by atoms with Crippen molar-refractivity contribution in [3.8, 4) is 0 Å². The standard InChI is InChI=1S/C26H33N7O2/c1-31-19(9-10-24(34)28-15-18-6-5-12-27-14-18)16-29-26(35)25-22(31)11-13-33(25)17-23-30-20-7-3-4-8-21(20)32(23)2/h3-8,12,14,19,22,25H,9-11,13,15-17H2,1-2H3,(H,28,34)(H,29,35)/t19-,22-,25-/m0/s1. The fourth-order valence-electron chi connectivity index (χ4n) is 5.43. The lowest BCUT2D eigenvalue weighted by atomic mass is 10.0. The highest BCUT2D eigenvalue weighted by Gasteiger charge is 2.45. The molecule has 2 amide bonds. The van der Waals surface area contributed by atoms with E-state index in [9.17, 15) is 9.59 Å². The molecule has 2 fully saturated rings. The summed E-state index contributed by atoms with van der Waals surface area (Å²) >= 11 is 0. The van der Waals surface area contributed by atoms with E-state index >= 15 is 0 Å². The lowest BCUT2D eigenvalue weighted by Crippen LogP contribution is -2.49. The maximum Gasteiger partial charge on any atom is 0.239 e. The second-order valence-electron chi connectivity index (χ2n) is 9.59. The predicted octanol–water partition coefficient (Wildman–Crippen LogP) is 1.44. The Hall–Kier alpha value is -3.30. The first kappa shape index (κ1) is 23.4. The number of likely N-dealkylation sites (tertiary alicyclic amines) is 1. The third kappa shape index (κ3) is 4.92. The molecular formula is C26H33N7O2. The van der Waals surface area contributed by atoms with Crippen molar-refractivity contribution in [2.45, 2.75) is 50.5 Å². The number of aromatic nitrogens is 3. The lowest BCUT2D eigenvalue weighted by Gasteiger charge is -2.33. The van der Waals surface area contributed by atoms with Gasteiger partial charge in [-0.25, -0.2) is 4.98 Å². The van der Waals surface area contributed by atoms with Crippen LogP contribution in [0.15, 0.2) is 48.8 Å². The van der Waals surface area contributed by atoms with Crippen LogP contribution in [-0.2, 0) is 29.7 Å². The molecule has 5 rings (SSSR count). The van der Waals surface area contributed by atoms with Crippen LogP contribution in [0.3, 0.4) is 0 Å². The molecule has 0 spiro atoms. The lowest BCUT2D eigenvalue weighted by molar-refractivity contribution is -0.126. The molecule has 2 aromatic heterocycles. The number of imidazole rings is 1. The zero-order valence-electron chi connectivity index (χ0n) is 20.4. The number of rotatable bonds is 7. The Bertz CT molecular complexity index is 1190. The Morgan fingerprint density at radius 1 is 1.20 bits per heavy atom. The fraction of sp³-hybridized carbons (Fsp3) is 0.462. The zero-order valence-corrected chi connectivity index (χ0v) is 20.4. The van der Waals surface area contributed by atoms with Gasteiger partial charge in [-0.1, -0.05) is 18.2 Å². The van der Waals surface area contributed by atoms with E-state index in [1.807, 2.05) is 37.4 Å². The molecule has 0 radical (unpaired) electrons. The van der Waals surface area contributed by atoms with Crippen molar-refractivity contribution in [2.24, 2.45) is 7.05 Å². The molecule has 3 aromatic rings. The van der Waals surface area contributed by atoms with Crippen LogP contribution < -0.4 is 10.6 Å². The molecule has 0 unspecified atom stereocenters. The summed E-state index contributed by atoms with van der Waals surface area (Å²) in [5, 5.41) is 6.12. The third-order valence-corrected chi connectivity index (χ3v) is 7.49. The number of aryl methyl sites for hydroxylation is 1. The number of benzene rings is 1. The van der Waals surface area contributed by atoms with Crippen molar-refractivity contribution in [3.63, 3.8) is 0 Å². The van der Waals surface area contributed by atoms with Crippen LogP contribution in [0.2, 0.25) is 0 Å². The van der Waals surface area contributed by atoms with Gasteiger partial charge >= 0.3 is 0 Å². The molecule has 0 aliphatic carbocycles. The second-order valence-corrected chi connectivity index (χ2v) is 9.59. The Morgan fingerprint density at radius 2 is 2.06 bits per heavy atom. The van der Waals surface area contributed by atoms with Gasteiger partial charge in [0.25, 0.3) is 0 Å². The highest BCUT2D eigenvalue weighted by atomic mass is 16.2. The molecule has 9 heteroatoms. The second kappa shape index (κ2) is 10.1. The Kier molecular flexibility index (Phi) is 6.79. The van der Waals surface area contributed by atoms with Crippen molar-refractivity contribution in [1.29, 1.82) is 0 Å². The van der Waals surface area contributed by atoms with Crippen LogP contribution in [0.4, 0.5) is 0 Å². The maximum absolute atomic E-state index is 13.2. The number of likely N-dealkylation sites (N-methyl/N-ethyl adjacent to an activating group) is 1. The molecular weight excluding hydrogens is 442 g/mol. The Balaban J connectivity index is 1.20. The number of carbonyl (C=O) groups excluding carboxylic acids is 2. The summed E-state index contributed by atoms with van der Waals surface area (Å²) in [6, 6.07) is 11.9. The van der Waals surface area contributed by atoms with Gasteiger partial charge in [0, 0.05) is 57.6 Å². The summed E-state index contributed by atoms with van der Waals surface area (Å²) in [7, 11) is 4.13. The van der Waals surface area contributed by atoms with Crippen LogP contribution in [-0.4, -0.2) is 74.4 Å². The molecule has 35 heavy (non-hydrogen) atoms. The van der Waals surface area contributed by atoms with Gasteiger partial charge in [0.2, 0.25) is 11.8 Å². The summed E-state index contributed by atoms with van der Waals surface area (Å²) < 4.78 is 2.12. The fourth-order valence-corrected chi connectivity index (χ4v) is 5.43. The molecule has 2 aliphatic rings. The van der Waals surface area contributed by atoms with E-state index in [0.29, 0.717) is 32.5 Å². The highest BCUT2D eigenvalue weighted by Crippen LogP contribution is 2.29. The maximum atomic E-state index is 13.2. The van der Waals surface area contributed by atoms with Crippen LogP contribution in [0.5, 0.6) is 0 Å². The monoisotopic (exact) mass is 475 g/mol. The minimum atomic E-state index is -0.218.